The summed E-state index contributed by atoms with van der Waals surface area (Å²) in [6.07, 6.45) is 4.66. The number of carbonyl (C=O) groups excluding carboxylic acids is 1. The number of ether oxygens (including phenoxy) is 2. The highest BCUT2D eigenvalue weighted by Gasteiger charge is 2.19. The van der Waals surface area contributed by atoms with Gasteiger partial charge in [0.05, 0.1) is 23.7 Å². The fourth-order valence-corrected chi connectivity index (χ4v) is 3.03. The van der Waals surface area contributed by atoms with Crippen molar-refractivity contribution in [3.63, 3.8) is 0 Å². The van der Waals surface area contributed by atoms with Crippen molar-refractivity contribution in [1.82, 2.24) is 0 Å². The Bertz CT molecular complexity index is 815. The highest BCUT2D eigenvalue weighted by atomic mass is 16.6. The van der Waals surface area contributed by atoms with Crippen LogP contribution in [-0.4, -0.2) is 24.0 Å². The molecule has 2 aromatic carbocycles. The summed E-state index contributed by atoms with van der Waals surface area (Å²) in [6.45, 7) is 0. The van der Waals surface area contributed by atoms with Gasteiger partial charge in [0.2, 0.25) is 0 Å². The molecule has 0 radical (unpaired) electrons. The van der Waals surface area contributed by atoms with Gasteiger partial charge in [-0.25, -0.2) is 0 Å². The number of non-ortho nitro benzene ring substituents is 1. The number of anilines is 1. The highest BCUT2D eigenvalue weighted by Crippen LogP contribution is 2.28. The van der Waals surface area contributed by atoms with Crippen LogP contribution in [-0.2, 0) is 0 Å². The molecule has 136 valence electrons. The molecule has 7 heteroatoms. The van der Waals surface area contributed by atoms with Crippen LogP contribution in [0.5, 0.6) is 11.5 Å². The molecule has 26 heavy (non-hydrogen) atoms. The van der Waals surface area contributed by atoms with Gasteiger partial charge in [0.25, 0.3) is 11.6 Å². The van der Waals surface area contributed by atoms with E-state index >= 15 is 0 Å². The van der Waals surface area contributed by atoms with Crippen LogP contribution in [0.1, 0.15) is 36.0 Å². The van der Waals surface area contributed by atoms with Gasteiger partial charge in [-0.1, -0.05) is 6.07 Å². The number of benzene rings is 2. The van der Waals surface area contributed by atoms with E-state index in [1.807, 2.05) is 6.07 Å². The SMILES string of the molecule is COc1ccc([N+](=O)[O-])cc1C(=O)Nc1cccc(OC2CCCC2)c1. The van der Waals surface area contributed by atoms with Crippen molar-refractivity contribution < 1.29 is 19.2 Å². The largest absolute Gasteiger partial charge is 0.496 e. The van der Waals surface area contributed by atoms with Gasteiger partial charge >= 0.3 is 0 Å². The maximum absolute atomic E-state index is 12.6. The lowest BCUT2D eigenvalue weighted by atomic mass is 10.1. The van der Waals surface area contributed by atoms with E-state index in [0.29, 0.717) is 11.4 Å². The minimum atomic E-state index is -0.549. The fourth-order valence-electron chi connectivity index (χ4n) is 3.03. The number of amides is 1. The summed E-state index contributed by atoms with van der Waals surface area (Å²) in [4.78, 5) is 23.0. The van der Waals surface area contributed by atoms with Gasteiger partial charge in [0.1, 0.15) is 11.5 Å². The molecular formula is C19H20N2O5. The van der Waals surface area contributed by atoms with Crippen LogP contribution in [0.15, 0.2) is 42.5 Å². The summed E-state index contributed by atoms with van der Waals surface area (Å²) in [6, 6.07) is 11.0. The first-order valence-corrected chi connectivity index (χ1v) is 8.47. The Balaban J connectivity index is 1.77. The third-order valence-electron chi connectivity index (χ3n) is 4.34. The third-order valence-corrected chi connectivity index (χ3v) is 4.34. The van der Waals surface area contributed by atoms with Crippen molar-refractivity contribution >= 4 is 17.3 Å². The molecule has 1 saturated carbocycles. The molecule has 0 unspecified atom stereocenters. The van der Waals surface area contributed by atoms with Crippen LogP contribution < -0.4 is 14.8 Å². The number of nitro benzene ring substituents is 1. The number of nitrogens with zero attached hydrogens (tertiary/aromatic N) is 1. The molecule has 0 aromatic heterocycles. The maximum Gasteiger partial charge on any atom is 0.270 e. The Kier molecular flexibility index (Phi) is 5.36. The van der Waals surface area contributed by atoms with E-state index in [9.17, 15) is 14.9 Å². The second-order valence-corrected chi connectivity index (χ2v) is 6.15. The van der Waals surface area contributed by atoms with Crippen molar-refractivity contribution in [2.45, 2.75) is 31.8 Å². The molecule has 1 aliphatic rings. The van der Waals surface area contributed by atoms with E-state index in [1.54, 1.807) is 18.2 Å². The summed E-state index contributed by atoms with van der Waals surface area (Å²) >= 11 is 0. The molecule has 7 nitrogen and oxygen atoms in total. The van der Waals surface area contributed by atoms with Crippen molar-refractivity contribution in [1.29, 1.82) is 0 Å². The van der Waals surface area contributed by atoms with Gasteiger partial charge in [0.15, 0.2) is 0 Å². The Morgan fingerprint density at radius 1 is 1.19 bits per heavy atom. The monoisotopic (exact) mass is 356 g/mol. The van der Waals surface area contributed by atoms with Crippen molar-refractivity contribution in [3.05, 3.63) is 58.1 Å². The third kappa shape index (κ3) is 4.11. The summed E-state index contributed by atoms with van der Waals surface area (Å²) in [7, 11) is 1.41. The first kappa shape index (κ1) is 17.7. The Morgan fingerprint density at radius 2 is 1.96 bits per heavy atom. The number of carbonyl (C=O) groups is 1. The minimum Gasteiger partial charge on any atom is -0.496 e. The number of nitro groups is 1. The average Bonchev–Trinajstić information content (AvgIpc) is 3.14. The summed E-state index contributed by atoms with van der Waals surface area (Å²) in [5.41, 5.74) is 0.483. The molecule has 1 amide bonds. The Labute approximate surface area is 151 Å². The van der Waals surface area contributed by atoms with E-state index in [4.69, 9.17) is 9.47 Å². The zero-order valence-electron chi connectivity index (χ0n) is 14.4. The normalized spacial score (nSPS) is 14.0. The topological polar surface area (TPSA) is 90.7 Å². The predicted molar refractivity (Wildman–Crippen MR) is 96.9 cm³/mol. The number of hydrogen-bond acceptors (Lipinski definition) is 5. The second-order valence-electron chi connectivity index (χ2n) is 6.15. The van der Waals surface area contributed by atoms with E-state index in [1.165, 1.54) is 38.2 Å². The van der Waals surface area contributed by atoms with Gasteiger partial charge in [-0.2, -0.15) is 0 Å². The van der Waals surface area contributed by atoms with E-state index in [-0.39, 0.29) is 23.1 Å². The van der Waals surface area contributed by atoms with Crippen molar-refractivity contribution in [2.75, 3.05) is 12.4 Å². The fraction of sp³-hybridized carbons (Fsp3) is 0.316. The molecule has 3 rings (SSSR count). The van der Waals surface area contributed by atoms with Crippen molar-refractivity contribution in [2.24, 2.45) is 0 Å². The number of hydrogen-bond donors (Lipinski definition) is 1. The van der Waals surface area contributed by atoms with E-state index < -0.39 is 10.8 Å². The van der Waals surface area contributed by atoms with Gasteiger partial charge in [0, 0.05) is 23.9 Å². The van der Waals surface area contributed by atoms with Crippen LogP contribution in [0.2, 0.25) is 0 Å². The minimum absolute atomic E-state index is 0.101. The van der Waals surface area contributed by atoms with Gasteiger partial charge in [-0.3, -0.25) is 14.9 Å². The first-order valence-electron chi connectivity index (χ1n) is 8.47. The highest BCUT2D eigenvalue weighted by molar-refractivity contribution is 6.06. The lowest BCUT2D eigenvalue weighted by Gasteiger charge is -2.14. The van der Waals surface area contributed by atoms with Gasteiger partial charge < -0.3 is 14.8 Å². The summed E-state index contributed by atoms with van der Waals surface area (Å²) in [5.74, 6) is 0.482. The zero-order valence-corrected chi connectivity index (χ0v) is 14.4. The van der Waals surface area contributed by atoms with Crippen LogP contribution in [0, 0.1) is 10.1 Å². The molecule has 0 saturated heterocycles. The molecule has 1 N–H and O–H groups in total. The lowest BCUT2D eigenvalue weighted by molar-refractivity contribution is -0.384. The van der Waals surface area contributed by atoms with Gasteiger partial charge in [-0.15, -0.1) is 0 Å². The molecule has 1 fully saturated rings. The molecule has 0 spiro atoms. The number of nitrogens with one attached hydrogen (secondary N) is 1. The molecule has 0 heterocycles. The predicted octanol–water partition coefficient (Wildman–Crippen LogP) is 4.18. The van der Waals surface area contributed by atoms with Gasteiger partial charge in [-0.05, 0) is 43.9 Å². The Morgan fingerprint density at radius 3 is 2.65 bits per heavy atom. The molecule has 2 aromatic rings. The quantitative estimate of drug-likeness (QED) is 0.619. The van der Waals surface area contributed by atoms with Crippen LogP contribution in [0.4, 0.5) is 11.4 Å². The second kappa shape index (κ2) is 7.86. The van der Waals surface area contributed by atoms with E-state index in [2.05, 4.69) is 5.32 Å². The lowest BCUT2D eigenvalue weighted by Crippen LogP contribution is -2.14. The standard InChI is InChI=1S/C19H20N2O5/c1-25-18-10-9-14(21(23)24)12-17(18)19(22)20-13-5-4-8-16(11-13)26-15-6-2-3-7-15/h4-5,8-12,15H,2-3,6-7H2,1H3,(H,20,22). The van der Waals surface area contributed by atoms with Crippen LogP contribution in [0.25, 0.3) is 0 Å². The number of rotatable bonds is 6. The summed E-state index contributed by atoms with van der Waals surface area (Å²) in [5, 5.41) is 13.7. The Hall–Kier alpha value is -3.09. The van der Waals surface area contributed by atoms with Crippen LogP contribution >= 0.6 is 0 Å². The molecule has 0 bridgehead atoms. The van der Waals surface area contributed by atoms with Crippen LogP contribution in [0.3, 0.4) is 0 Å². The molecule has 0 aliphatic heterocycles. The molecular weight excluding hydrogens is 336 g/mol. The average molecular weight is 356 g/mol. The molecule has 1 aliphatic carbocycles. The van der Waals surface area contributed by atoms with E-state index in [0.717, 1.165) is 12.8 Å². The summed E-state index contributed by atoms with van der Waals surface area (Å²) < 4.78 is 11.1. The molecule has 0 atom stereocenters. The maximum atomic E-state index is 12.6. The number of methoxy groups -OCH3 is 1. The smallest absolute Gasteiger partial charge is 0.270 e. The zero-order chi connectivity index (χ0) is 18.5. The van der Waals surface area contributed by atoms with Crippen molar-refractivity contribution in [3.8, 4) is 11.5 Å². The first-order chi connectivity index (χ1) is 12.6.